The van der Waals surface area contributed by atoms with E-state index in [-0.39, 0.29) is 0 Å². The van der Waals surface area contributed by atoms with Gasteiger partial charge < -0.3 is 14.2 Å². The quantitative estimate of drug-likeness (QED) is 0.147. The van der Waals surface area contributed by atoms with Crippen LogP contribution in [0.15, 0.2) is 72.8 Å². The van der Waals surface area contributed by atoms with Gasteiger partial charge in [0, 0.05) is 0 Å². The lowest BCUT2D eigenvalue weighted by Crippen LogP contribution is -2.12. The lowest BCUT2D eigenvalue weighted by atomic mass is 9.99. The average Bonchev–Trinajstić information content (AvgIpc) is 2.88. The Hall–Kier alpha value is -3.27. The van der Waals surface area contributed by atoms with Gasteiger partial charge in [-0.15, -0.1) is 0 Å². The molecule has 0 aliphatic rings. The molecule has 4 heteroatoms. The van der Waals surface area contributed by atoms with E-state index in [4.69, 9.17) is 14.2 Å². The second kappa shape index (κ2) is 13.4. The number of benzene rings is 3. The van der Waals surface area contributed by atoms with Crippen molar-refractivity contribution in [3.05, 3.63) is 78.4 Å². The summed E-state index contributed by atoms with van der Waals surface area (Å²) < 4.78 is 17.5. The Morgan fingerprint density at radius 2 is 1.50 bits per heavy atom. The van der Waals surface area contributed by atoms with E-state index in [0.717, 1.165) is 29.7 Å². The summed E-state index contributed by atoms with van der Waals surface area (Å²) in [7, 11) is 0. The molecule has 3 rings (SSSR count). The molecule has 0 aromatic heterocycles. The number of carbonyl (C=O) groups is 1. The van der Waals surface area contributed by atoms with Crippen molar-refractivity contribution in [2.75, 3.05) is 13.2 Å². The molecule has 0 heterocycles. The van der Waals surface area contributed by atoms with Crippen LogP contribution in [0.2, 0.25) is 0 Å². The van der Waals surface area contributed by atoms with Crippen LogP contribution in [0.3, 0.4) is 0 Å². The number of rotatable bonds is 13. The molecule has 0 saturated heterocycles. The predicted molar refractivity (Wildman–Crippen MR) is 138 cm³/mol. The number of unbranched alkanes of at least 4 members (excludes halogenated alkanes) is 3. The molecule has 0 aliphatic heterocycles. The summed E-state index contributed by atoms with van der Waals surface area (Å²) in [6.45, 7) is 7.78. The first-order valence-corrected chi connectivity index (χ1v) is 12.4. The van der Waals surface area contributed by atoms with E-state index in [1.165, 1.54) is 19.3 Å². The maximum Gasteiger partial charge on any atom is 0.344 e. The number of hydrogen-bond acceptors (Lipinski definition) is 4. The minimum Gasteiger partial charge on any atom is -0.494 e. The van der Waals surface area contributed by atoms with E-state index in [9.17, 15) is 4.79 Å². The third-order valence-corrected chi connectivity index (χ3v) is 5.83. The van der Waals surface area contributed by atoms with Crippen molar-refractivity contribution in [1.29, 1.82) is 0 Å². The molecule has 4 nitrogen and oxygen atoms in total. The summed E-state index contributed by atoms with van der Waals surface area (Å²) in [5.74, 6) is 1.95. The third-order valence-electron chi connectivity index (χ3n) is 5.83. The van der Waals surface area contributed by atoms with E-state index in [2.05, 4.69) is 20.8 Å². The minimum atomic E-state index is -0.416. The van der Waals surface area contributed by atoms with Gasteiger partial charge in [0.05, 0.1) is 18.8 Å². The summed E-state index contributed by atoms with van der Waals surface area (Å²) in [6, 6.07) is 22.7. The van der Waals surface area contributed by atoms with Crippen molar-refractivity contribution in [2.24, 2.45) is 5.92 Å². The van der Waals surface area contributed by atoms with Gasteiger partial charge in [0.25, 0.3) is 0 Å². The maximum absolute atomic E-state index is 13.2. The first-order chi connectivity index (χ1) is 16.6. The molecule has 1 atom stereocenters. The van der Waals surface area contributed by atoms with Gasteiger partial charge in [-0.1, -0.05) is 76.8 Å². The second-order valence-corrected chi connectivity index (χ2v) is 8.67. The van der Waals surface area contributed by atoms with Crippen LogP contribution in [0.25, 0.3) is 11.1 Å². The third kappa shape index (κ3) is 7.65. The number of hydrogen-bond donors (Lipinski definition) is 0. The zero-order chi connectivity index (χ0) is 24.2. The van der Waals surface area contributed by atoms with Crippen molar-refractivity contribution in [2.45, 2.75) is 52.9 Å². The molecule has 0 spiro atoms. The van der Waals surface area contributed by atoms with Crippen molar-refractivity contribution >= 4 is 5.97 Å². The first-order valence-electron chi connectivity index (χ1n) is 12.4. The molecular formula is C30H36O4. The van der Waals surface area contributed by atoms with Gasteiger partial charge in [0.15, 0.2) is 0 Å². The maximum atomic E-state index is 13.2. The van der Waals surface area contributed by atoms with Crippen LogP contribution in [0, 0.1) is 5.92 Å². The molecular weight excluding hydrogens is 424 g/mol. The van der Waals surface area contributed by atoms with Gasteiger partial charge in [0.1, 0.15) is 17.2 Å². The lowest BCUT2D eigenvalue weighted by Gasteiger charge is -2.15. The average molecular weight is 461 g/mol. The molecule has 0 N–H and O–H groups in total. The van der Waals surface area contributed by atoms with Gasteiger partial charge in [-0.05, 0) is 65.9 Å². The number of ether oxygens (including phenoxy) is 3. The summed E-state index contributed by atoms with van der Waals surface area (Å²) in [6.07, 6.45) is 5.69. The SMILES string of the molecule is CCCCCCOc1ccc(OC(=O)c2cc(OCC(C)CC)ccc2-c2ccccc2)cc1. The smallest absolute Gasteiger partial charge is 0.344 e. The van der Waals surface area contributed by atoms with E-state index >= 15 is 0 Å². The second-order valence-electron chi connectivity index (χ2n) is 8.67. The highest BCUT2D eigenvalue weighted by Crippen LogP contribution is 2.29. The Morgan fingerprint density at radius 1 is 0.794 bits per heavy atom. The monoisotopic (exact) mass is 460 g/mol. The summed E-state index contributed by atoms with van der Waals surface area (Å²) in [5, 5.41) is 0. The molecule has 3 aromatic rings. The molecule has 0 radical (unpaired) electrons. The van der Waals surface area contributed by atoms with Crippen molar-refractivity contribution in [1.82, 2.24) is 0 Å². The Bertz CT molecular complexity index is 1010. The normalized spacial score (nSPS) is 11.6. The van der Waals surface area contributed by atoms with Gasteiger partial charge in [-0.2, -0.15) is 0 Å². The fourth-order valence-corrected chi connectivity index (χ4v) is 3.49. The Labute approximate surface area is 203 Å². The fourth-order valence-electron chi connectivity index (χ4n) is 3.49. The largest absolute Gasteiger partial charge is 0.494 e. The molecule has 0 aliphatic carbocycles. The summed E-state index contributed by atoms with van der Waals surface area (Å²) in [4.78, 5) is 13.2. The lowest BCUT2D eigenvalue weighted by molar-refractivity contribution is 0.0735. The van der Waals surface area contributed by atoms with Crippen LogP contribution in [-0.4, -0.2) is 19.2 Å². The fraction of sp³-hybridized carbons (Fsp3) is 0.367. The molecule has 0 bridgehead atoms. The van der Waals surface area contributed by atoms with Gasteiger partial charge in [0.2, 0.25) is 0 Å². The molecule has 34 heavy (non-hydrogen) atoms. The molecule has 0 amide bonds. The van der Waals surface area contributed by atoms with E-state index in [0.29, 0.717) is 36.2 Å². The number of carbonyl (C=O) groups excluding carboxylic acids is 1. The molecule has 180 valence electrons. The Balaban J connectivity index is 1.72. The van der Waals surface area contributed by atoms with Crippen LogP contribution in [-0.2, 0) is 0 Å². The van der Waals surface area contributed by atoms with Crippen LogP contribution in [0.5, 0.6) is 17.2 Å². The highest BCUT2D eigenvalue weighted by molar-refractivity contribution is 5.99. The van der Waals surface area contributed by atoms with E-state index in [1.807, 2.05) is 54.6 Å². The molecule has 1 unspecified atom stereocenters. The zero-order valence-electron chi connectivity index (χ0n) is 20.6. The van der Waals surface area contributed by atoms with Crippen LogP contribution >= 0.6 is 0 Å². The van der Waals surface area contributed by atoms with Crippen LogP contribution < -0.4 is 14.2 Å². The van der Waals surface area contributed by atoms with E-state index < -0.39 is 5.97 Å². The van der Waals surface area contributed by atoms with E-state index in [1.54, 1.807) is 18.2 Å². The molecule has 3 aromatic carbocycles. The summed E-state index contributed by atoms with van der Waals surface area (Å²) >= 11 is 0. The Morgan fingerprint density at radius 3 is 2.21 bits per heavy atom. The summed E-state index contributed by atoms with van der Waals surface area (Å²) in [5.41, 5.74) is 2.24. The highest BCUT2D eigenvalue weighted by Gasteiger charge is 2.17. The van der Waals surface area contributed by atoms with Crippen molar-refractivity contribution < 1.29 is 19.0 Å². The van der Waals surface area contributed by atoms with Crippen molar-refractivity contribution in [3.8, 4) is 28.4 Å². The zero-order valence-corrected chi connectivity index (χ0v) is 20.6. The van der Waals surface area contributed by atoms with Crippen LogP contribution in [0.4, 0.5) is 0 Å². The molecule has 0 fully saturated rings. The van der Waals surface area contributed by atoms with Crippen molar-refractivity contribution in [3.63, 3.8) is 0 Å². The minimum absolute atomic E-state index is 0.416. The van der Waals surface area contributed by atoms with Crippen LogP contribution in [0.1, 0.15) is 63.2 Å². The van der Waals surface area contributed by atoms with Gasteiger partial charge in [-0.25, -0.2) is 4.79 Å². The van der Waals surface area contributed by atoms with Gasteiger partial charge >= 0.3 is 5.97 Å². The van der Waals surface area contributed by atoms with Gasteiger partial charge in [-0.3, -0.25) is 0 Å². The standard InChI is InChI=1S/C30H36O4/c1-4-6-7-11-20-32-25-14-16-26(17-15-25)34-30(31)29-21-27(33-22-23(3)5-2)18-19-28(29)24-12-9-8-10-13-24/h8-10,12-19,21,23H,4-7,11,20,22H2,1-3H3. The number of esters is 1. The Kier molecular flexibility index (Phi) is 10.0. The molecule has 0 saturated carbocycles. The predicted octanol–water partition coefficient (Wildman–Crippen LogP) is 7.96. The topological polar surface area (TPSA) is 44.8 Å². The highest BCUT2D eigenvalue weighted by atomic mass is 16.5. The first kappa shape index (κ1) is 25.4.